The molecule has 0 aromatic heterocycles. The first kappa shape index (κ1) is 21.3. The largest absolute Gasteiger partial charge is 0.508 e. The maximum absolute atomic E-state index is 10.7. The van der Waals surface area contributed by atoms with Crippen LogP contribution in [0.25, 0.3) is 0 Å². The molecule has 0 bridgehead atoms. The molecule has 5 heteroatoms. The molecule has 0 aliphatic carbocycles. The van der Waals surface area contributed by atoms with Crippen molar-refractivity contribution in [2.75, 3.05) is 0 Å². The van der Waals surface area contributed by atoms with Gasteiger partial charge in [-0.25, -0.2) is 0 Å². The summed E-state index contributed by atoms with van der Waals surface area (Å²) < 4.78 is 0. The van der Waals surface area contributed by atoms with Crippen LogP contribution in [-0.2, 0) is 19.3 Å². The van der Waals surface area contributed by atoms with E-state index in [2.05, 4.69) is 6.92 Å². The lowest BCUT2D eigenvalue weighted by Crippen LogP contribution is -2.05. The number of aryl methyl sites for hydroxylation is 1. The molecule has 28 heavy (non-hydrogen) atoms. The van der Waals surface area contributed by atoms with E-state index in [0.717, 1.165) is 40.7 Å². The smallest absolute Gasteiger partial charge is 0.119 e. The Hall–Kier alpha value is -1.38. The first-order chi connectivity index (χ1) is 13.4. The summed E-state index contributed by atoms with van der Waals surface area (Å²) in [4.78, 5) is 0. The lowest BCUT2D eigenvalue weighted by molar-refractivity contribution is 0.468. The average molecular weight is 454 g/mol. The van der Waals surface area contributed by atoms with Crippen molar-refractivity contribution < 1.29 is 5.11 Å². The third-order valence-electron chi connectivity index (χ3n) is 4.85. The summed E-state index contributed by atoms with van der Waals surface area (Å²) >= 11 is 25.6. The molecule has 0 heterocycles. The molecule has 0 fully saturated rings. The molecule has 0 spiro atoms. The highest BCUT2D eigenvalue weighted by Crippen LogP contribution is 2.36. The van der Waals surface area contributed by atoms with Crippen molar-refractivity contribution in [2.45, 2.75) is 32.6 Å². The summed E-state index contributed by atoms with van der Waals surface area (Å²) in [6, 6.07) is 14.6. The quantitative estimate of drug-likeness (QED) is 0.399. The second-order valence-electron chi connectivity index (χ2n) is 6.70. The Morgan fingerprint density at radius 3 is 1.57 bits per heavy atom. The SMILES string of the molecule is CCCc1ccc(O)c(Cc2c(Cl)cccc2Cl)c1Cc1c(Cl)cccc1Cl. The van der Waals surface area contributed by atoms with E-state index in [-0.39, 0.29) is 5.75 Å². The molecule has 3 aromatic rings. The van der Waals surface area contributed by atoms with Gasteiger partial charge in [0.2, 0.25) is 0 Å². The number of halogens is 4. The zero-order valence-corrected chi connectivity index (χ0v) is 18.4. The molecule has 0 amide bonds. The third-order valence-corrected chi connectivity index (χ3v) is 6.27. The maximum Gasteiger partial charge on any atom is 0.119 e. The molecule has 0 unspecified atom stereocenters. The van der Waals surface area contributed by atoms with Crippen LogP contribution in [0.4, 0.5) is 0 Å². The zero-order chi connectivity index (χ0) is 20.3. The minimum Gasteiger partial charge on any atom is -0.508 e. The molecule has 3 aromatic carbocycles. The van der Waals surface area contributed by atoms with Gasteiger partial charge in [0.25, 0.3) is 0 Å². The summed E-state index contributed by atoms with van der Waals surface area (Å²) in [5.41, 5.74) is 4.63. The van der Waals surface area contributed by atoms with E-state index >= 15 is 0 Å². The van der Waals surface area contributed by atoms with Crippen LogP contribution in [0, 0.1) is 0 Å². The number of aromatic hydroxyl groups is 1. The van der Waals surface area contributed by atoms with Crippen LogP contribution >= 0.6 is 46.4 Å². The number of rotatable bonds is 6. The first-order valence-corrected chi connectivity index (χ1v) is 10.6. The Labute approximate surface area is 185 Å². The number of hydrogen-bond donors (Lipinski definition) is 1. The van der Waals surface area contributed by atoms with E-state index in [1.54, 1.807) is 18.2 Å². The van der Waals surface area contributed by atoms with Crippen molar-refractivity contribution in [3.05, 3.63) is 96.4 Å². The topological polar surface area (TPSA) is 20.2 Å². The fourth-order valence-corrected chi connectivity index (χ4v) is 4.47. The summed E-state index contributed by atoms with van der Waals surface area (Å²) in [5, 5.41) is 13.1. The number of phenolic OH excluding ortho intramolecular Hbond substituents is 1. The molecule has 0 aliphatic heterocycles. The summed E-state index contributed by atoms with van der Waals surface area (Å²) in [7, 11) is 0. The number of hydrogen-bond acceptors (Lipinski definition) is 1. The van der Waals surface area contributed by atoms with Gasteiger partial charge in [0.15, 0.2) is 0 Å². The zero-order valence-electron chi connectivity index (χ0n) is 15.4. The molecule has 0 saturated carbocycles. The van der Waals surface area contributed by atoms with Crippen LogP contribution < -0.4 is 0 Å². The van der Waals surface area contributed by atoms with Crippen LogP contribution in [0.1, 0.15) is 41.2 Å². The van der Waals surface area contributed by atoms with Gasteiger partial charge in [-0.15, -0.1) is 0 Å². The van der Waals surface area contributed by atoms with Gasteiger partial charge >= 0.3 is 0 Å². The van der Waals surface area contributed by atoms with Crippen LogP contribution in [0.5, 0.6) is 5.75 Å². The standard InChI is InChI=1S/C23H20Cl4O/c1-2-5-14-10-11-23(28)16(13-18-21(26)8-4-9-22(18)27)15(14)12-17-19(24)6-3-7-20(17)25/h3-4,6-11,28H,2,5,12-13H2,1H3. The van der Waals surface area contributed by atoms with Crippen molar-refractivity contribution in [3.8, 4) is 5.75 Å². The van der Waals surface area contributed by atoms with Crippen molar-refractivity contribution >= 4 is 46.4 Å². The predicted molar refractivity (Wildman–Crippen MR) is 121 cm³/mol. The minimum absolute atomic E-state index is 0.217. The van der Waals surface area contributed by atoms with Gasteiger partial charge in [0, 0.05) is 38.5 Å². The highest BCUT2D eigenvalue weighted by molar-refractivity contribution is 6.36. The van der Waals surface area contributed by atoms with E-state index in [0.29, 0.717) is 32.9 Å². The normalized spacial score (nSPS) is 11.0. The van der Waals surface area contributed by atoms with Crippen molar-refractivity contribution in [3.63, 3.8) is 0 Å². The maximum atomic E-state index is 10.7. The molecule has 3 rings (SSSR count). The number of phenols is 1. The molecular weight excluding hydrogens is 434 g/mol. The van der Waals surface area contributed by atoms with E-state index in [1.807, 2.05) is 30.3 Å². The Balaban J connectivity index is 2.15. The van der Waals surface area contributed by atoms with Gasteiger partial charge in [0.05, 0.1) is 0 Å². The monoisotopic (exact) mass is 452 g/mol. The van der Waals surface area contributed by atoms with E-state index < -0.39 is 0 Å². The Morgan fingerprint density at radius 2 is 1.11 bits per heavy atom. The Morgan fingerprint density at radius 1 is 0.643 bits per heavy atom. The molecular formula is C23H20Cl4O. The second kappa shape index (κ2) is 9.41. The fourth-order valence-electron chi connectivity index (χ4n) is 3.41. The summed E-state index contributed by atoms with van der Waals surface area (Å²) in [6.07, 6.45) is 2.83. The molecule has 146 valence electrons. The van der Waals surface area contributed by atoms with Crippen molar-refractivity contribution in [1.29, 1.82) is 0 Å². The van der Waals surface area contributed by atoms with Crippen LogP contribution in [0.15, 0.2) is 48.5 Å². The highest BCUT2D eigenvalue weighted by Gasteiger charge is 2.18. The van der Waals surface area contributed by atoms with Crippen LogP contribution in [-0.4, -0.2) is 5.11 Å². The van der Waals surface area contributed by atoms with Crippen LogP contribution in [0.2, 0.25) is 20.1 Å². The number of benzene rings is 3. The Kier molecular flexibility index (Phi) is 7.17. The van der Waals surface area contributed by atoms with Gasteiger partial charge in [-0.2, -0.15) is 0 Å². The average Bonchev–Trinajstić information content (AvgIpc) is 2.65. The fraction of sp³-hybridized carbons (Fsp3) is 0.217. The van der Waals surface area contributed by atoms with E-state index in [1.165, 1.54) is 0 Å². The van der Waals surface area contributed by atoms with E-state index in [9.17, 15) is 5.11 Å². The molecule has 0 aliphatic rings. The van der Waals surface area contributed by atoms with Gasteiger partial charge in [-0.05, 0) is 59.0 Å². The molecule has 0 saturated heterocycles. The lowest BCUT2D eigenvalue weighted by atomic mass is 9.89. The third kappa shape index (κ3) is 4.60. The Bertz CT molecular complexity index is 958. The molecule has 0 radical (unpaired) electrons. The highest BCUT2D eigenvalue weighted by atomic mass is 35.5. The van der Waals surface area contributed by atoms with Crippen molar-refractivity contribution in [2.24, 2.45) is 0 Å². The lowest BCUT2D eigenvalue weighted by Gasteiger charge is -2.19. The van der Waals surface area contributed by atoms with E-state index in [4.69, 9.17) is 46.4 Å². The summed E-state index contributed by atoms with van der Waals surface area (Å²) in [6.45, 7) is 2.13. The first-order valence-electron chi connectivity index (χ1n) is 9.10. The van der Waals surface area contributed by atoms with Gasteiger partial charge in [-0.3, -0.25) is 0 Å². The van der Waals surface area contributed by atoms with Gasteiger partial charge < -0.3 is 5.11 Å². The second-order valence-corrected chi connectivity index (χ2v) is 8.33. The predicted octanol–water partition coefficient (Wildman–Crippen LogP) is 8.14. The molecule has 0 atom stereocenters. The van der Waals surface area contributed by atoms with Gasteiger partial charge in [-0.1, -0.05) is 77.9 Å². The minimum atomic E-state index is 0.217. The van der Waals surface area contributed by atoms with Crippen molar-refractivity contribution in [1.82, 2.24) is 0 Å². The van der Waals surface area contributed by atoms with Crippen LogP contribution in [0.3, 0.4) is 0 Å². The molecule has 1 nitrogen and oxygen atoms in total. The van der Waals surface area contributed by atoms with Gasteiger partial charge in [0.1, 0.15) is 5.75 Å². The summed E-state index contributed by atoms with van der Waals surface area (Å²) in [5.74, 6) is 0.217. The molecule has 1 N–H and O–H groups in total.